The maximum atomic E-state index is 3.74. The largest absolute Gasteiger partial charge is 0.253 e. The molecule has 1 nitrogen and oxygen atoms in total. The monoisotopic (exact) mass is 237 g/mol. The first-order valence-electron chi connectivity index (χ1n) is 4.82. The lowest BCUT2D eigenvalue weighted by atomic mass is 10.4. The highest BCUT2D eigenvalue weighted by molar-refractivity contribution is 7.07. The Balaban J connectivity index is -0.000000156. The van der Waals surface area contributed by atoms with Gasteiger partial charge in [0.25, 0.3) is 0 Å². The molecule has 0 aliphatic rings. The van der Waals surface area contributed by atoms with Gasteiger partial charge in [0.15, 0.2) is 0 Å². The van der Waals surface area contributed by atoms with E-state index in [1.54, 1.807) is 23.0 Å². The smallest absolute Gasteiger partial charge is 0.0791 e. The number of rotatable bonds is 0. The van der Waals surface area contributed by atoms with Crippen LogP contribution in [0, 0.1) is 0 Å². The predicted molar refractivity (Wildman–Crippen MR) is 77.9 cm³/mol. The molecule has 1 aromatic carbocycles. The van der Waals surface area contributed by atoms with E-state index >= 15 is 0 Å². The Bertz CT molecular complexity index is 209. The van der Waals surface area contributed by atoms with Crippen molar-refractivity contribution in [1.82, 2.24) is 4.98 Å². The number of aromatic nitrogens is 1. The molecule has 0 fully saturated rings. The van der Waals surface area contributed by atoms with Gasteiger partial charge in [-0.3, -0.25) is 4.98 Å². The summed E-state index contributed by atoms with van der Waals surface area (Å²) in [7, 11) is 0. The first kappa shape index (κ1) is 20.1. The summed E-state index contributed by atoms with van der Waals surface area (Å²) < 4.78 is 0. The van der Waals surface area contributed by atoms with Crippen molar-refractivity contribution in [1.29, 1.82) is 0 Å². The van der Waals surface area contributed by atoms with Gasteiger partial charge in [0.05, 0.1) is 5.51 Å². The van der Waals surface area contributed by atoms with E-state index in [0.29, 0.717) is 0 Å². The van der Waals surface area contributed by atoms with Crippen LogP contribution in [-0.4, -0.2) is 4.98 Å². The third-order valence-electron chi connectivity index (χ3n) is 1.01. The molecular weight excluding hydrogens is 214 g/mol. The van der Waals surface area contributed by atoms with Gasteiger partial charge in [0.2, 0.25) is 0 Å². The summed E-state index contributed by atoms with van der Waals surface area (Å²) in [5, 5.41) is 1.93. The molecule has 0 unspecified atom stereocenters. The van der Waals surface area contributed by atoms with Gasteiger partial charge in [0, 0.05) is 11.6 Å². The average Bonchev–Trinajstić information content (AvgIpc) is 2.95. The van der Waals surface area contributed by atoms with Gasteiger partial charge in [-0.25, -0.2) is 0 Å². The van der Waals surface area contributed by atoms with Crippen molar-refractivity contribution < 1.29 is 0 Å². The van der Waals surface area contributed by atoms with Crippen LogP contribution in [0.3, 0.4) is 0 Å². The van der Waals surface area contributed by atoms with Crippen LogP contribution in [0.2, 0.25) is 0 Å². The van der Waals surface area contributed by atoms with Crippen molar-refractivity contribution in [2.75, 3.05) is 0 Å². The van der Waals surface area contributed by atoms with Crippen molar-refractivity contribution in [2.45, 2.75) is 21.3 Å². The second-order valence-corrected chi connectivity index (χ2v) is 2.59. The van der Waals surface area contributed by atoms with Crippen molar-refractivity contribution >= 4 is 11.3 Å². The lowest BCUT2D eigenvalue weighted by Crippen LogP contribution is -1.47. The fourth-order valence-corrected chi connectivity index (χ4v) is 0.912. The maximum absolute atomic E-state index is 3.74. The van der Waals surface area contributed by atoms with E-state index in [9.17, 15) is 0 Å². The standard InChI is InChI=1S/C6H6.C3H3NS.C2H6.C2H4.CH4/c1-2-4-6-5-3-1;1-2-5-3-4-1;2*1-2;/h1-6H;1-3H;1-2H3;1-2H2;1H4. The van der Waals surface area contributed by atoms with Gasteiger partial charge < -0.3 is 0 Å². The third kappa shape index (κ3) is 18.4. The van der Waals surface area contributed by atoms with E-state index in [1.165, 1.54) is 0 Å². The van der Waals surface area contributed by atoms with E-state index in [2.05, 4.69) is 18.1 Å². The quantitative estimate of drug-likeness (QED) is 0.567. The fraction of sp³-hybridized carbons (Fsp3) is 0.214. The molecule has 0 N–H and O–H groups in total. The van der Waals surface area contributed by atoms with Crippen LogP contribution in [0.4, 0.5) is 0 Å². The Hall–Kier alpha value is -1.41. The number of hydrogen-bond donors (Lipinski definition) is 0. The van der Waals surface area contributed by atoms with Crippen LogP contribution in [0.15, 0.2) is 66.6 Å². The normalized spacial score (nSPS) is 6.12. The van der Waals surface area contributed by atoms with Crippen molar-refractivity contribution in [2.24, 2.45) is 0 Å². The lowest BCUT2D eigenvalue weighted by molar-refractivity contribution is 1.43. The van der Waals surface area contributed by atoms with Gasteiger partial charge in [-0.2, -0.15) is 0 Å². The van der Waals surface area contributed by atoms with E-state index in [0.717, 1.165) is 0 Å². The fourth-order valence-electron chi connectivity index (χ4n) is 0.561. The summed E-state index contributed by atoms with van der Waals surface area (Å²) in [5.74, 6) is 0. The van der Waals surface area contributed by atoms with Crippen LogP contribution >= 0.6 is 11.3 Å². The number of benzene rings is 1. The Morgan fingerprint density at radius 3 is 1.38 bits per heavy atom. The molecule has 0 spiro atoms. The summed E-state index contributed by atoms with van der Waals surface area (Å²) in [6.45, 7) is 10.0. The molecular formula is C14H23NS. The molecule has 0 atom stereocenters. The highest BCUT2D eigenvalue weighted by atomic mass is 32.1. The first-order valence-corrected chi connectivity index (χ1v) is 5.76. The number of thiazole rings is 1. The minimum atomic E-state index is 0. The number of nitrogens with zero attached hydrogens (tertiary/aromatic N) is 1. The molecule has 2 rings (SSSR count). The zero-order valence-electron chi connectivity index (χ0n) is 9.47. The van der Waals surface area contributed by atoms with Crippen molar-refractivity contribution in [3.8, 4) is 0 Å². The van der Waals surface area contributed by atoms with E-state index in [4.69, 9.17) is 0 Å². The van der Waals surface area contributed by atoms with Gasteiger partial charge in [-0.1, -0.05) is 57.7 Å². The molecule has 0 aliphatic carbocycles. The molecule has 1 aromatic heterocycles. The topological polar surface area (TPSA) is 12.9 Å². The summed E-state index contributed by atoms with van der Waals surface area (Å²) in [6.07, 6.45) is 1.77. The Kier molecular flexibility index (Phi) is 29.4. The van der Waals surface area contributed by atoms with Gasteiger partial charge in [0.1, 0.15) is 0 Å². The Labute approximate surface area is 105 Å². The summed E-state index contributed by atoms with van der Waals surface area (Å²) >= 11 is 1.60. The maximum Gasteiger partial charge on any atom is 0.0791 e. The Morgan fingerprint density at radius 2 is 1.25 bits per heavy atom. The van der Waals surface area contributed by atoms with Crippen LogP contribution < -0.4 is 0 Å². The molecule has 0 saturated carbocycles. The highest BCUT2D eigenvalue weighted by Crippen LogP contribution is 1.85. The van der Waals surface area contributed by atoms with Gasteiger partial charge >= 0.3 is 0 Å². The SMILES string of the molecule is C.C=C.CC.c1ccccc1.c1cscn1. The second-order valence-electron chi connectivity index (χ2n) is 1.83. The van der Waals surface area contributed by atoms with Gasteiger partial charge in [-0.15, -0.1) is 24.5 Å². The summed E-state index contributed by atoms with van der Waals surface area (Å²) in [6, 6.07) is 12.0. The summed E-state index contributed by atoms with van der Waals surface area (Å²) in [4.78, 5) is 3.74. The Morgan fingerprint density at radius 1 is 0.875 bits per heavy atom. The van der Waals surface area contributed by atoms with E-state index < -0.39 is 0 Å². The van der Waals surface area contributed by atoms with Crippen molar-refractivity contribution in [3.63, 3.8) is 0 Å². The minimum Gasteiger partial charge on any atom is -0.253 e. The number of hydrogen-bond acceptors (Lipinski definition) is 2. The molecule has 0 bridgehead atoms. The first-order chi connectivity index (χ1) is 7.50. The third-order valence-corrected chi connectivity index (χ3v) is 1.54. The zero-order chi connectivity index (χ0) is 11.8. The zero-order valence-corrected chi connectivity index (χ0v) is 10.3. The van der Waals surface area contributed by atoms with Crippen LogP contribution in [-0.2, 0) is 0 Å². The molecule has 0 aliphatic heterocycles. The van der Waals surface area contributed by atoms with Crippen LogP contribution in [0.5, 0.6) is 0 Å². The molecule has 0 radical (unpaired) electrons. The van der Waals surface area contributed by atoms with Crippen LogP contribution in [0.1, 0.15) is 21.3 Å². The molecule has 0 saturated heterocycles. The molecule has 2 heteroatoms. The minimum absolute atomic E-state index is 0. The molecule has 2 aromatic rings. The lowest BCUT2D eigenvalue weighted by Gasteiger charge is -1.69. The van der Waals surface area contributed by atoms with Crippen LogP contribution in [0.25, 0.3) is 0 Å². The van der Waals surface area contributed by atoms with Gasteiger partial charge in [-0.05, 0) is 0 Å². The second kappa shape index (κ2) is 23.4. The molecule has 16 heavy (non-hydrogen) atoms. The van der Waals surface area contributed by atoms with E-state index in [1.807, 2.05) is 55.6 Å². The summed E-state index contributed by atoms with van der Waals surface area (Å²) in [5.41, 5.74) is 1.79. The molecule has 90 valence electrons. The van der Waals surface area contributed by atoms with Crippen molar-refractivity contribution in [3.05, 3.63) is 66.6 Å². The van der Waals surface area contributed by atoms with E-state index in [-0.39, 0.29) is 7.43 Å². The predicted octanol–water partition coefficient (Wildman–Crippen LogP) is 5.29. The average molecular weight is 237 g/mol. The highest BCUT2D eigenvalue weighted by Gasteiger charge is 1.59. The molecule has 0 amide bonds. The molecule has 1 heterocycles.